The lowest BCUT2D eigenvalue weighted by atomic mass is 10.1. The van der Waals surface area contributed by atoms with Gasteiger partial charge in [0.15, 0.2) is 0 Å². The maximum atomic E-state index is 5.66. The smallest absolute Gasteiger partial charge is 0.119 e. The highest BCUT2D eigenvalue weighted by Crippen LogP contribution is 2.29. The molecule has 1 aliphatic rings. The van der Waals surface area contributed by atoms with E-state index in [2.05, 4.69) is 31.2 Å². The molecule has 0 heterocycles. The Morgan fingerprint density at radius 3 is 2.50 bits per heavy atom. The Labute approximate surface area is 86.1 Å². The minimum atomic E-state index is 0.838. The van der Waals surface area contributed by atoms with E-state index in [-0.39, 0.29) is 0 Å². The van der Waals surface area contributed by atoms with E-state index >= 15 is 0 Å². The monoisotopic (exact) mass is 190 g/mol. The van der Waals surface area contributed by atoms with Crippen LogP contribution in [0, 0.1) is 5.92 Å². The van der Waals surface area contributed by atoms with Gasteiger partial charge in [-0.3, -0.25) is 0 Å². The summed E-state index contributed by atoms with van der Waals surface area (Å²) in [6.45, 7) is 3.12. The summed E-state index contributed by atoms with van der Waals surface area (Å²) in [6.07, 6.45) is 5.09. The van der Waals surface area contributed by atoms with Crippen molar-refractivity contribution in [2.75, 3.05) is 6.61 Å². The summed E-state index contributed by atoms with van der Waals surface area (Å²) < 4.78 is 5.66. The van der Waals surface area contributed by atoms with E-state index in [1.165, 1.54) is 31.2 Å². The molecule has 1 aliphatic carbocycles. The Bertz CT molecular complexity index is 272. The predicted octanol–water partition coefficient (Wildman–Crippen LogP) is 3.43. The Kier molecular flexibility index (Phi) is 3.07. The summed E-state index contributed by atoms with van der Waals surface area (Å²) in [6, 6.07) is 8.53. The molecular weight excluding hydrogens is 172 g/mol. The second-order valence-corrected chi connectivity index (χ2v) is 4.15. The van der Waals surface area contributed by atoms with Gasteiger partial charge in [0.1, 0.15) is 5.75 Å². The molecule has 1 nitrogen and oxygen atoms in total. The molecule has 76 valence electrons. The van der Waals surface area contributed by atoms with Crippen molar-refractivity contribution in [1.29, 1.82) is 0 Å². The van der Waals surface area contributed by atoms with Crippen LogP contribution in [0.25, 0.3) is 0 Å². The summed E-state index contributed by atoms with van der Waals surface area (Å²) in [4.78, 5) is 0. The van der Waals surface area contributed by atoms with E-state index in [1.807, 2.05) is 0 Å². The predicted molar refractivity (Wildman–Crippen MR) is 58.7 cm³/mol. The van der Waals surface area contributed by atoms with Gasteiger partial charge in [0, 0.05) is 0 Å². The second-order valence-electron chi connectivity index (χ2n) is 4.15. The van der Waals surface area contributed by atoms with Gasteiger partial charge < -0.3 is 4.74 Å². The van der Waals surface area contributed by atoms with Gasteiger partial charge in [-0.15, -0.1) is 0 Å². The highest BCUT2D eigenvalue weighted by molar-refractivity contribution is 5.27. The van der Waals surface area contributed by atoms with Crippen molar-refractivity contribution in [3.8, 4) is 5.75 Å². The lowest BCUT2D eigenvalue weighted by Gasteiger charge is -2.05. The highest BCUT2D eigenvalue weighted by Gasteiger charge is 2.21. The average molecular weight is 190 g/mol. The molecule has 14 heavy (non-hydrogen) atoms. The van der Waals surface area contributed by atoms with Crippen LogP contribution >= 0.6 is 0 Å². The molecule has 1 heteroatoms. The first kappa shape index (κ1) is 9.57. The summed E-state index contributed by atoms with van der Waals surface area (Å²) in [5.41, 5.74) is 1.41. The van der Waals surface area contributed by atoms with Gasteiger partial charge in [-0.05, 0) is 42.9 Å². The first-order chi connectivity index (χ1) is 6.88. The van der Waals surface area contributed by atoms with Crippen molar-refractivity contribution in [3.63, 3.8) is 0 Å². The van der Waals surface area contributed by atoms with Gasteiger partial charge >= 0.3 is 0 Å². The molecular formula is C13H18O. The van der Waals surface area contributed by atoms with E-state index in [4.69, 9.17) is 4.74 Å². The molecule has 0 unspecified atom stereocenters. The Hall–Kier alpha value is -0.980. The Morgan fingerprint density at radius 2 is 1.93 bits per heavy atom. The van der Waals surface area contributed by atoms with Crippen molar-refractivity contribution in [2.24, 2.45) is 5.92 Å². The average Bonchev–Trinajstić information content (AvgIpc) is 3.01. The molecule has 0 saturated heterocycles. The van der Waals surface area contributed by atoms with Crippen molar-refractivity contribution >= 4 is 0 Å². The summed E-state index contributed by atoms with van der Waals surface area (Å²) in [7, 11) is 0. The molecule has 0 radical (unpaired) electrons. The third kappa shape index (κ3) is 2.76. The van der Waals surface area contributed by atoms with Gasteiger partial charge in [0.2, 0.25) is 0 Å². The molecule has 1 saturated carbocycles. The van der Waals surface area contributed by atoms with Crippen molar-refractivity contribution < 1.29 is 4.74 Å². The molecule has 0 N–H and O–H groups in total. The zero-order valence-electron chi connectivity index (χ0n) is 8.83. The third-order valence-corrected chi connectivity index (χ3v) is 2.64. The zero-order valence-corrected chi connectivity index (χ0v) is 8.83. The van der Waals surface area contributed by atoms with Crippen molar-refractivity contribution in [2.45, 2.75) is 32.6 Å². The molecule has 0 aliphatic heterocycles. The van der Waals surface area contributed by atoms with E-state index in [1.54, 1.807) is 0 Å². The SMILES string of the molecule is CCCc1ccc(OCC2CC2)cc1. The quantitative estimate of drug-likeness (QED) is 0.691. The van der Waals surface area contributed by atoms with Crippen LogP contribution < -0.4 is 4.74 Å². The van der Waals surface area contributed by atoms with Crippen LogP contribution in [0.15, 0.2) is 24.3 Å². The second kappa shape index (κ2) is 4.50. The minimum Gasteiger partial charge on any atom is -0.493 e. The topological polar surface area (TPSA) is 9.23 Å². The number of aryl methyl sites for hydroxylation is 1. The number of ether oxygens (including phenoxy) is 1. The normalized spacial score (nSPS) is 15.5. The zero-order chi connectivity index (χ0) is 9.80. The summed E-state index contributed by atoms with van der Waals surface area (Å²) in [5, 5.41) is 0. The number of benzene rings is 1. The number of hydrogen-bond acceptors (Lipinski definition) is 1. The van der Waals surface area contributed by atoms with Gasteiger partial charge in [-0.1, -0.05) is 25.5 Å². The maximum absolute atomic E-state index is 5.66. The summed E-state index contributed by atoms with van der Waals surface area (Å²) >= 11 is 0. The number of rotatable bonds is 5. The van der Waals surface area contributed by atoms with E-state index in [0.29, 0.717) is 0 Å². The Balaban J connectivity index is 1.84. The van der Waals surface area contributed by atoms with Gasteiger partial charge in [0.05, 0.1) is 6.61 Å². The maximum Gasteiger partial charge on any atom is 0.119 e. The van der Waals surface area contributed by atoms with E-state index < -0.39 is 0 Å². The molecule has 0 amide bonds. The van der Waals surface area contributed by atoms with Crippen LogP contribution in [-0.2, 0) is 6.42 Å². The van der Waals surface area contributed by atoms with E-state index in [9.17, 15) is 0 Å². The standard InChI is InChI=1S/C13H18O/c1-2-3-11-6-8-13(9-7-11)14-10-12-4-5-12/h6-9,12H,2-5,10H2,1H3. The van der Waals surface area contributed by atoms with Crippen LogP contribution in [0.3, 0.4) is 0 Å². The van der Waals surface area contributed by atoms with E-state index in [0.717, 1.165) is 18.3 Å². The molecule has 0 atom stereocenters. The molecule has 0 bridgehead atoms. The molecule has 1 fully saturated rings. The first-order valence-electron chi connectivity index (χ1n) is 5.60. The lowest BCUT2D eigenvalue weighted by molar-refractivity contribution is 0.299. The molecule has 0 aromatic heterocycles. The largest absolute Gasteiger partial charge is 0.493 e. The highest BCUT2D eigenvalue weighted by atomic mass is 16.5. The van der Waals surface area contributed by atoms with Crippen LogP contribution in [0.4, 0.5) is 0 Å². The van der Waals surface area contributed by atoms with Gasteiger partial charge in [-0.25, -0.2) is 0 Å². The molecule has 0 spiro atoms. The van der Waals surface area contributed by atoms with Gasteiger partial charge in [0.25, 0.3) is 0 Å². The van der Waals surface area contributed by atoms with Gasteiger partial charge in [-0.2, -0.15) is 0 Å². The van der Waals surface area contributed by atoms with Crippen LogP contribution in [0.1, 0.15) is 31.7 Å². The summed E-state index contributed by atoms with van der Waals surface area (Å²) in [5.74, 6) is 1.86. The van der Waals surface area contributed by atoms with Crippen molar-refractivity contribution in [1.82, 2.24) is 0 Å². The molecule has 2 rings (SSSR count). The van der Waals surface area contributed by atoms with Crippen LogP contribution in [0.5, 0.6) is 5.75 Å². The first-order valence-corrected chi connectivity index (χ1v) is 5.60. The van der Waals surface area contributed by atoms with Crippen molar-refractivity contribution in [3.05, 3.63) is 29.8 Å². The third-order valence-electron chi connectivity index (χ3n) is 2.64. The van der Waals surface area contributed by atoms with Crippen LogP contribution in [0.2, 0.25) is 0 Å². The molecule has 1 aromatic carbocycles. The minimum absolute atomic E-state index is 0.838. The Morgan fingerprint density at radius 1 is 1.21 bits per heavy atom. The molecule has 1 aromatic rings. The number of hydrogen-bond donors (Lipinski definition) is 0. The fourth-order valence-electron chi connectivity index (χ4n) is 1.54. The lowest BCUT2D eigenvalue weighted by Crippen LogP contribution is -1.98. The fraction of sp³-hybridized carbons (Fsp3) is 0.538. The fourth-order valence-corrected chi connectivity index (χ4v) is 1.54. The van der Waals surface area contributed by atoms with Crippen LogP contribution in [-0.4, -0.2) is 6.61 Å².